The highest BCUT2D eigenvalue weighted by Crippen LogP contribution is 2.55. The summed E-state index contributed by atoms with van der Waals surface area (Å²) in [5.74, 6) is 0.766. The molecule has 0 bridgehead atoms. The Morgan fingerprint density at radius 2 is 1.92 bits per heavy atom. The van der Waals surface area contributed by atoms with E-state index in [2.05, 4.69) is 20.8 Å². The molecule has 0 spiro atoms. The number of rotatable bonds is 5. The Hall–Kier alpha value is -0.0400. The minimum Gasteiger partial charge on any atom is -0.390 e. The Balaban J connectivity index is 2.27. The summed E-state index contributed by atoms with van der Waals surface area (Å²) < 4.78 is 0. The van der Waals surface area contributed by atoms with Gasteiger partial charge < -0.3 is 5.11 Å². The maximum absolute atomic E-state index is 10.2. The second-order valence-electron chi connectivity index (χ2n) is 5.62. The molecular formula is C12H24O. The first-order valence-corrected chi connectivity index (χ1v) is 5.60. The SMILES string of the molecule is CC(C)CCCC(C)(O)C1(C)CC1. The van der Waals surface area contributed by atoms with Crippen LogP contribution < -0.4 is 0 Å². The van der Waals surface area contributed by atoms with E-state index >= 15 is 0 Å². The molecule has 0 amide bonds. The molecule has 0 heterocycles. The van der Waals surface area contributed by atoms with Crippen molar-refractivity contribution in [2.45, 2.75) is 65.4 Å². The molecule has 1 atom stereocenters. The Morgan fingerprint density at radius 3 is 2.31 bits per heavy atom. The van der Waals surface area contributed by atoms with E-state index in [9.17, 15) is 5.11 Å². The van der Waals surface area contributed by atoms with Crippen LogP contribution in [0.15, 0.2) is 0 Å². The average Bonchev–Trinajstić information content (AvgIpc) is 2.68. The summed E-state index contributed by atoms with van der Waals surface area (Å²) in [5, 5.41) is 10.2. The van der Waals surface area contributed by atoms with E-state index in [0.717, 1.165) is 12.3 Å². The zero-order valence-electron chi connectivity index (χ0n) is 9.56. The van der Waals surface area contributed by atoms with Crippen molar-refractivity contribution in [3.8, 4) is 0 Å². The van der Waals surface area contributed by atoms with Gasteiger partial charge in [-0.15, -0.1) is 0 Å². The summed E-state index contributed by atoms with van der Waals surface area (Å²) in [4.78, 5) is 0. The summed E-state index contributed by atoms with van der Waals surface area (Å²) in [6, 6.07) is 0. The van der Waals surface area contributed by atoms with Gasteiger partial charge in [-0.25, -0.2) is 0 Å². The van der Waals surface area contributed by atoms with Gasteiger partial charge in [-0.2, -0.15) is 0 Å². The van der Waals surface area contributed by atoms with E-state index in [4.69, 9.17) is 0 Å². The summed E-state index contributed by atoms with van der Waals surface area (Å²) in [6.07, 6.45) is 5.80. The fraction of sp³-hybridized carbons (Fsp3) is 1.00. The van der Waals surface area contributed by atoms with Crippen LogP contribution in [-0.2, 0) is 0 Å². The third-order valence-electron chi connectivity index (χ3n) is 3.75. The molecule has 1 saturated carbocycles. The molecule has 1 aliphatic rings. The topological polar surface area (TPSA) is 20.2 Å². The van der Waals surface area contributed by atoms with Crippen molar-refractivity contribution in [3.63, 3.8) is 0 Å². The first kappa shape index (κ1) is 11.0. The molecule has 1 unspecified atom stereocenters. The monoisotopic (exact) mass is 184 g/mol. The predicted molar refractivity (Wildman–Crippen MR) is 56.7 cm³/mol. The van der Waals surface area contributed by atoms with Crippen molar-refractivity contribution < 1.29 is 5.11 Å². The summed E-state index contributed by atoms with van der Waals surface area (Å²) >= 11 is 0. The molecule has 13 heavy (non-hydrogen) atoms. The van der Waals surface area contributed by atoms with Gasteiger partial charge in [0.2, 0.25) is 0 Å². The lowest BCUT2D eigenvalue weighted by atomic mass is 9.82. The van der Waals surface area contributed by atoms with Crippen LogP contribution in [-0.4, -0.2) is 10.7 Å². The largest absolute Gasteiger partial charge is 0.390 e. The molecule has 1 N–H and O–H groups in total. The first-order chi connectivity index (χ1) is 5.87. The fourth-order valence-corrected chi connectivity index (χ4v) is 1.88. The van der Waals surface area contributed by atoms with Crippen LogP contribution >= 0.6 is 0 Å². The Morgan fingerprint density at radius 1 is 1.38 bits per heavy atom. The molecule has 0 saturated heterocycles. The van der Waals surface area contributed by atoms with Gasteiger partial charge in [0, 0.05) is 0 Å². The molecule has 0 radical (unpaired) electrons. The molecule has 1 heteroatoms. The standard InChI is InChI=1S/C12H24O/c1-10(2)6-5-7-12(4,13)11(3)8-9-11/h10,13H,5-9H2,1-4H3. The molecule has 1 nitrogen and oxygen atoms in total. The second kappa shape index (κ2) is 3.61. The van der Waals surface area contributed by atoms with Gasteiger partial charge in [0.15, 0.2) is 0 Å². The Labute approximate surface area is 82.5 Å². The second-order valence-corrected chi connectivity index (χ2v) is 5.62. The van der Waals surface area contributed by atoms with Gasteiger partial charge >= 0.3 is 0 Å². The smallest absolute Gasteiger partial charge is 0.0673 e. The van der Waals surface area contributed by atoms with Crippen molar-refractivity contribution in [1.29, 1.82) is 0 Å². The fourth-order valence-electron chi connectivity index (χ4n) is 1.88. The Bertz CT molecular complexity index is 166. The first-order valence-electron chi connectivity index (χ1n) is 5.60. The zero-order valence-corrected chi connectivity index (χ0v) is 9.56. The molecule has 1 fully saturated rings. The van der Waals surface area contributed by atoms with E-state index in [1.165, 1.54) is 25.7 Å². The molecule has 1 rings (SSSR count). The van der Waals surface area contributed by atoms with Crippen LogP contribution in [0.25, 0.3) is 0 Å². The van der Waals surface area contributed by atoms with E-state index in [1.807, 2.05) is 6.92 Å². The summed E-state index contributed by atoms with van der Waals surface area (Å²) in [6.45, 7) is 8.71. The highest BCUT2D eigenvalue weighted by atomic mass is 16.3. The maximum Gasteiger partial charge on any atom is 0.0673 e. The van der Waals surface area contributed by atoms with E-state index < -0.39 is 5.60 Å². The third-order valence-corrected chi connectivity index (χ3v) is 3.75. The number of hydrogen-bond donors (Lipinski definition) is 1. The molecule has 1 aliphatic carbocycles. The van der Waals surface area contributed by atoms with Crippen LogP contribution in [0.2, 0.25) is 0 Å². The lowest BCUT2D eigenvalue weighted by Gasteiger charge is -2.30. The molecular weight excluding hydrogens is 160 g/mol. The van der Waals surface area contributed by atoms with Gasteiger partial charge in [-0.1, -0.05) is 33.6 Å². The molecule has 78 valence electrons. The lowest BCUT2D eigenvalue weighted by Crippen LogP contribution is -2.34. The minimum absolute atomic E-state index is 0.240. The van der Waals surface area contributed by atoms with Gasteiger partial charge in [-0.3, -0.25) is 0 Å². The van der Waals surface area contributed by atoms with Gasteiger partial charge in [0.25, 0.3) is 0 Å². The van der Waals surface area contributed by atoms with Gasteiger partial charge in [0.05, 0.1) is 5.60 Å². The summed E-state index contributed by atoms with van der Waals surface area (Å²) in [7, 11) is 0. The van der Waals surface area contributed by atoms with Gasteiger partial charge in [0.1, 0.15) is 0 Å². The van der Waals surface area contributed by atoms with Crippen LogP contribution in [0.5, 0.6) is 0 Å². The third kappa shape index (κ3) is 2.70. The van der Waals surface area contributed by atoms with Crippen molar-refractivity contribution in [2.75, 3.05) is 0 Å². The van der Waals surface area contributed by atoms with Crippen molar-refractivity contribution in [1.82, 2.24) is 0 Å². The Kier molecular flexibility index (Phi) is 3.06. The summed E-state index contributed by atoms with van der Waals surface area (Å²) in [5.41, 5.74) is -0.175. The number of aliphatic hydroxyl groups is 1. The predicted octanol–water partition coefficient (Wildman–Crippen LogP) is 3.36. The quantitative estimate of drug-likeness (QED) is 0.694. The molecule has 0 aliphatic heterocycles. The average molecular weight is 184 g/mol. The minimum atomic E-state index is -0.415. The highest BCUT2D eigenvalue weighted by Gasteiger charge is 2.51. The van der Waals surface area contributed by atoms with Crippen molar-refractivity contribution in [3.05, 3.63) is 0 Å². The molecule has 0 aromatic rings. The molecule has 0 aromatic carbocycles. The normalized spacial score (nSPS) is 24.5. The molecule has 0 aromatic heterocycles. The van der Waals surface area contributed by atoms with E-state index in [1.54, 1.807) is 0 Å². The number of hydrogen-bond acceptors (Lipinski definition) is 1. The maximum atomic E-state index is 10.2. The van der Waals surface area contributed by atoms with Crippen molar-refractivity contribution >= 4 is 0 Å². The van der Waals surface area contributed by atoms with Crippen molar-refractivity contribution in [2.24, 2.45) is 11.3 Å². The van der Waals surface area contributed by atoms with Crippen LogP contribution in [0.1, 0.15) is 59.8 Å². The van der Waals surface area contributed by atoms with Crippen LogP contribution in [0.4, 0.5) is 0 Å². The van der Waals surface area contributed by atoms with E-state index in [0.29, 0.717) is 0 Å². The lowest BCUT2D eigenvalue weighted by molar-refractivity contribution is -0.0178. The van der Waals surface area contributed by atoms with Crippen LogP contribution in [0, 0.1) is 11.3 Å². The zero-order chi connectivity index (χ0) is 10.1. The van der Waals surface area contributed by atoms with E-state index in [-0.39, 0.29) is 5.41 Å². The van der Waals surface area contributed by atoms with Crippen LogP contribution in [0.3, 0.4) is 0 Å². The van der Waals surface area contributed by atoms with Gasteiger partial charge in [-0.05, 0) is 37.5 Å². The highest BCUT2D eigenvalue weighted by molar-refractivity contribution is 5.02.